The van der Waals surface area contributed by atoms with Gasteiger partial charge in [0.15, 0.2) is 10.1 Å². The lowest BCUT2D eigenvalue weighted by Crippen LogP contribution is -2.14. The third-order valence-corrected chi connectivity index (χ3v) is 5.85. The fraction of sp³-hybridized carbons (Fsp3) is 0.143. The monoisotopic (exact) mass is 425 g/mol. The highest BCUT2D eigenvalue weighted by molar-refractivity contribution is 8.01. The summed E-state index contributed by atoms with van der Waals surface area (Å²) in [5.41, 5.74) is 2.65. The highest BCUT2D eigenvalue weighted by Gasteiger charge is 2.11. The maximum absolute atomic E-state index is 12.2. The second-order valence-corrected chi connectivity index (χ2v) is 8.25. The molecule has 0 aliphatic rings. The number of Topliss-reactive ketones (excluding diaryl/α,β-unsaturated/α-hetero) is 1. The lowest BCUT2D eigenvalue weighted by atomic mass is 10.2. The standard InChI is InChI=1S/C21H19N3O3S2/c1-14(25)22-16-7-9-17(10-8-16)23-20(27)11-18-12-28-21(24-18)29-13-19(26)15-5-3-2-4-6-15/h2-10,12H,11,13H2,1H3,(H,22,25)(H,23,27). The molecular weight excluding hydrogens is 406 g/mol. The number of rotatable bonds is 8. The van der Waals surface area contributed by atoms with Crippen LogP contribution in [0.1, 0.15) is 23.0 Å². The van der Waals surface area contributed by atoms with Gasteiger partial charge in [0.05, 0.1) is 17.9 Å². The molecule has 0 spiro atoms. The van der Waals surface area contributed by atoms with Crippen molar-refractivity contribution in [3.05, 3.63) is 71.2 Å². The summed E-state index contributed by atoms with van der Waals surface area (Å²) in [4.78, 5) is 39.8. The maximum atomic E-state index is 12.2. The summed E-state index contributed by atoms with van der Waals surface area (Å²) in [5.74, 6) is 0.0286. The Morgan fingerprint density at radius 2 is 1.62 bits per heavy atom. The first-order valence-electron chi connectivity index (χ1n) is 8.82. The largest absolute Gasteiger partial charge is 0.326 e. The number of thiazole rings is 1. The van der Waals surface area contributed by atoms with Crippen molar-refractivity contribution in [1.29, 1.82) is 0 Å². The highest BCUT2D eigenvalue weighted by Crippen LogP contribution is 2.24. The number of carbonyl (C=O) groups excluding carboxylic acids is 3. The molecule has 3 rings (SSSR count). The fourth-order valence-electron chi connectivity index (χ4n) is 2.48. The molecule has 2 amide bonds. The van der Waals surface area contributed by atoms with Crippen molar-refractivity contribution in [3.63, 3.8) is 0 Å². The minimum Gasteiger partial charge on any atom is -0.326 e. The first-order valence-corrected chi connectivity index (χ1v) is 10.7. The van der Waals surface area contributed by atoms with Gasteiger partial charge in [0.1, 0.15) is 0 Å². The number of benzene rings is 2. The zero-order valence-electron chi connectivity index (χ0n) is 15.7. The second kappa shape index (κ2) is 9.99. The molecule has 6 nitrogen and oxygen atoms in total. The molecule has 0 saturated heterocycles. The Balaban J connectivity index is 1.48. The van der Waals surface area contributed by atoms with Crippen LogP contribution in [0.2, 0.25) is 0 Å². The van der Waals surface area contributed by atoms with E-state index in [-0.39, 0.29) is 24.0 Å². The molecule has 0 saturated carbocycles. The predicted octanol–water partition coefficient (Wildman–Crippen LogP) is 4.26. The van der Waals surface area contributed by atoms with E-state index in [1.54, 1.807) is 36.4 Å². The highest BCUT2D eigenvalue weighted by atomic mass is 32.2. The van der Waals surface area contributed by atoms with Gasteiger partial charge >= 0.3 is 0 Å². The van der Waals surface area contributed by atoms with Crippen molar-refractivity contribution < 1.29 is 14.4 Å². The average molecular weight is 426 g/mol. The predicted molar refractivity (Wildman–Crippen MR) is 117 cm³/mol. The van der Waals surface area contributed by atoms with Crippen LogP contribution in [-0.4, -0.2) is 28.3 Å². The molecule has 3 aromatic rings. The number of hydrogen-bond donors (Lipinski definition) is 2. The van der Waals surface area contributed by atoms with Gasteiger partial charge < -0.3 is 10.6 Å². The van der Waals surface area contributed by atoms with Crippen LogP contribution in [0.4, 0.5) is 11.4 Å². The molecule has 1 aromatic heterocycles. The summed E-state index contributed by atoms with van der Waals surface area (Å²) in [7, 11) is 0. The van der Waals surface area contributed by atoms with Gasteiger partial charge in [0, 0.05) is 29.2 Å². The quantitative estimate of drug-likeness (QED) is 0.416. The van der Waals surface area contributed by atoms with E-state index in [1.807, 2.05) is 23.6 Å². The van der Waals surface area contributed by atoms with E-state index in [4.69, 9.17) is 0 Å². The van der Waals surface area contributed by atoms with Crippen molar-refractivity contribution in [2.75, 3.05) is 16.4 Å². The number of carbonyl (C=O) groups is 3. The first kappa shape index (κ1) is 20.8. The maximum Gasteiger partial charge on any atom is 0.230 e. The van der Waals surface area contributed by atoms with E-state index in [0.29, 0.717) is 28.4 Å². The van der Waals surface area contributed by atoms with Gasteiger partial charge in [-0.05, 0) is 24.3 Å². The second-order valence-electron chi connectivity index (χ2n) is 6.17. The molecular formula is C21H19N3O3S2. The van der Waals surface area contributed by atoms with Crippen molar-refractivity contribution >= 4 is 52.1 Å². The Morgan fingerprint density at radius 1 is 0.966 bits per heavy atom. The first-order chi connectivity index (χ1) is 14.0. The van der Waals surface area contributed by atoms with Gasteiger partial charge in [-0.15, -0.1) is 11.3 Å². The van der Waals surface area contributed by atoms with Gasteiger partial charge in [0.25, 0.3) is 0 Å². The number of nitrogens with one attached hydrogen (secondary N) is 2. The molecule has 0 aliphatic carbocycles. The molecule has 1 heterocycles. The van der Waals surface area contributed by atoms with Gasteiger partial charge in [-0.3, -0.25) is 14.4 Å². The van der Waals surface area contributed by atoms with Crippen LogP contribution >= 0.6 is 23.1 Å². The molecule has 0 atom stereocenters. The van der Waals surface area contributed by atoms with Crippen LogP contribution in [-0.2, 0) is 16.0 Å². The summed E-state index contributed by atoms with van der Waals surface area (Å²) in [6, 6.07) is 16.0. The number of aromatic nitrogens is 1. The zero-order chi connectivity index (χ0) is 20.6. The van der Waals surface area contributed by atoms with E-state index < -0.39 is 0 Å². The SMILES string of the molecule is CC(=O)Nc1ccc(NC(=O)Cc2csc(SCC(=O)c3ccccc3)n2)cc1. The Labute approximate surface area is 176 Å². The minimum absolute atomic E-state index is 0.0489. The molecule has 0 fully saturated rings. The lowest BCUT2D eigenvalue weighted by Gasteiger charge is -2.06. The molecule has 0 bridgehead atoms. The van der Waals surface area contributed by atoms with Crippen LogP contribution in [0.3, 0.4) is 0 Å². The Kier molecular flexibility index (Phi) is 7.15. The van der Waals surface area contributed by atoms with Crippen LogP contribution in [0.5, 0.6) is 0 Å². The zero-order valence-corrected chi connectivity index (χ0v) is 17.3. The van der Waals surface area contributed by atoms with Crippen molar-refractivity contribution in [1.82, 2.24) is 4.98 Å². The number of amides is 2. The number of hydrogen-bond acceptors (Lipinski definition) is 6. The molecule has 0 aliphatic heterocycles. The third-order valence-electron chi connectivity index (χ3n) is 3.78. The molecule has 2 aromatic carbocycles. The molecule has 0 unspecified atom stereocenters. The van der Waals surface area contributed by atoms with Crippen LogP contribution in [0.25, 0.3) is 0 Å². The van der Waals surface area contributed by atoms with Crippen LogP contribution < -0.4 is 10.6 Å². The molecule has 0 radical (unpaired) electrons. The summed E-state index contributed by atoms with van der Waals surface area (Å²) in [6.45, 7) is 1.44. The van der Waals surface area contributed by atoms with E-state index >= 15 is 0 Å². The Hall–Kier alpha value is -2.97. The Bertz CT molecular complexity index is 1000. The molecule has 2 N–H and O–H groups in total. The molecule has 8 heteroatoms. The number of anilines is 2. The molecule has 148 valence electrons. The van der Waals surface area contributed by atoms with Gasteiger partial charge in [-0.2, -0.15) is 0 Å². The lowest BCUT2D eigenvalue weighted by molar-refractivity contribution is -0.116. The van der Waals surface area contributed by atoms with Crippen molar-refractivity contribution in [3.8, 4) is 0 Å². The van der Waals surface area contributed by atoms with Gasteiger partial charge in [-0.25, -0.2) is 4.98 Å². The average Bonchev–Trinajstić information content (AvgIpc) is 3.15. The smallest absolute Gasteiger partial charge is 0.230 e. The Morgan fingerprint density at radius 3 is 2.28 bits per heavy atom. The van der Waals surface area contributed by atoms with E-state index in [9.17, 15) is 14.4 Å². The van der Waals surface area contributed by atoms with Crippen molar-refractivity contribution in [2.24, 2.45) is 0 Å². The van der Waals surface area contributed by atoms with Gasteiger partial charge in [0.2, 0.25) is 11.8 Å². The van der Waals surface area contributed by atoms with E-state index in [1.165, 1.54) is 30.0 Å². The van der Waals surface area contributed by atoms with E-state index in [0.717, 1.165) is 4.34 Å². The normalized spacial score (nSPS) is 10.4. The third kappa shape index (κ3) is 6.55. The van der Waals surface area contributed by atoms with Crippen LogP contribution in [0.15, 0.2) is 64.3 Å². The number of thioether (sulfide) groups is 1. The van der Waals surface area contributed by atoms with E-state index in [2.05, 4.69) is 15.6 Å². The van der Waals surface area contributed by atoms with Crippen molar-refractivity contribution in [2.45, 2.75) is 17.7 Å². The summed E-state index contributed by atoms with van der Waals surface area (Å²) in [6.07, 6.45) is 0.150. The number of ketones is 1. The minimum atomic E-state index is -0.181. The molecule has 29 heavy (non-hydrogen) atoms. The summed E-state index contributed by atoms with van der Waals surface area (Å²) < 4.78 is 0.761. The van der Waals surface area contributed by atoms with Gasteiger partial charge in [-0.1, -0.05) is 42.1 Å². The fourth-order valence-corrected chi connectivity index (χ4v) is 4.22. The number of nitrogens with zero attached hydrogens (tertiary/aromatic N) is 1. The van der Waals surface area contributed by atoms with Crippen LogP contribution in [0, 0.1) is 0 Å². The topological polar surface area (TPSA) is 88.2 Å². The summed E-state index contributed by atoms with van der Waals surface area (Å²) >= 11 is 2.80. The summed E-state index contributed by atoms with van der Waals surface area (Å²) in [5, 5.41) is 7.30.